The molecule has 0 unspecified atom stereocenters. The Balaban J connectivity index is 2.81. The molecule has 2 rings (SSSR count). The normalized spacial score (nSPS) is 21.1. The summed E-state index contributed by atoms with van der Waals surface area (Å²) >= 11 is 0.805. The highest BCUT2D eigenvalue weighted by molar-refractivity contribution is 14.1. The third kappa shape index (κ3) is 3.48. The van der Waals surface area contributed by atoms with E-state index in [-0.39, 0.29) is 5.56 Å². The molecular weight excluding hydrogens is 454 g/mol. The molecule has 24 heavy (non-hydrogen) atoms. The van der Waals surface area contributed by atoms with Gasteiger partial charge in [-0.1, -0.05) is 30.3 Å². The van der Waals surface area contributed by atoms with Crippen molar-refractivity contribution in [3.63, 3.8) is 0 Å². The Hall–Kier alpha value is -1.83. The molecule has 1 aliphatic rings. The summed E-state index contributed by atoms with van der Waals surface area (Å²) in [5, 5.41) is 9.15. The van der Waals surface area contributed by atoms with Gasteiger partial charge >= 0.3 is 12.4 Å². The summed E-state index contributed by atoms with van der Waals surface area (Å²) in [5.74, 6) is -2.64. The molecule has 9 heteroatoms. The lowest BCUT2D eigenvalue weighted by atomic mass is 10.1. The zero-order valence-electron chi connectivity index (χ0n) is 11.4. The van der Waals surface area contributed by atoms with Crippen molar-refractivity contribution < 1.29 is 30.7 Å². The van der Waals surface area contributed by atoms with E-state index in [1.165, 1.54) is 24.3 Å². The third-order valence-corrected chi connectivity index (χ3v) is 4.20. The van der Waals surface area contributed by atoms with Crippen molar-refractivity contribution in [1.82, 2.24) is 0 Å². The highest BCUT2D eigenvalue weighted by Gasteiger charge is 2.52. The van der Waals surface area contributed by atoms with Crippen LogP contribution in [0.5, 0.6) is 0 Å². The second-order valence-corrected chi connectivity index (χ2v) is 5.68. The van der Waals surface area contributed by atoms with E-state index in [0.717, 1.165) is 22.6 Å². The van der Waals surface area contributed by atoms with Gasteiger partial charge in [-0.05, 0) is 28.2 Å². The van der Waals surface area contributed by atoms with Crippen molar-refractivity contribution >= 4 is 28.2 Å². The van der Waals surface area contributed by atoms with Crippen LogP contribution in [0.3, 0.4) is 0 Å². The van der Waals surface area contributed by atoms with Crippen LogP contribution >= 0.6 is 22.6 Å². The molecular formula is C15H5F7IN. The maximum absolute atomic E-state index is 13.6. The quantitative estimate of drug-likeness (QED) is 0.287. The van der Waals surface area contributed by atoms with Crippen molar-refractivity contribution in [2.75, 3.05) is 0 Å². The van der Waals surface area contributed by atoms with Gasteiger partial charge in [-0.15, -0.1) is 0 Å². The van der Waals surface area contributed by atoms with Crippen molar-refractivity contribution in [3.05, 3.63) is 62.0 Å². The van der Waals surface area contributed by atoms with E-state index in [1.807, 2.05) is 0 Å². The molecule has 0 saturated heterocycles. The number of halogens is 8. The Morgan fingerprint density at radius 1 is 0.875 bits per heavy atom. The van der Waals surface area contributed by atoms with Crippen LogP contribution in [-0.4, -0.2) is 12.4 Å². The van der Waals surface area contributed by atoms with Gasteiger partial charge in [-0.25, -0.2) is 4.39 Å². The monoisotopic (exact) mass is 459 g/mol. The van der Waals surface area contributed by atoms with Crippen LogP contribution in [0.2, 0.25) is 0 Å². The Bertz CT molecular complexity index is 767. The van der Waals surface area contributed by atoms with Crippen LogP contribution in [0.1, 0.15) is 5.56 Å². The number of allylic oxidation sites excluding steroid dienone is 6. The standard InChI is InChI=1S/C15H5F7IN/c16-12(14(17,18)19)10-9(11(10)13(23)15(20,21)22)8(6-24)7-4-2-1-3-5-7/h1-5H. The van der Waals surface area contributed by atoms with Gasteiger partial charge in [0.25, 0.3) is 0 Å². The molecule has 0 N–H and O–H groups in total. The first-order chi connectivity index (χ1) is 11.0. The van der Waals surface area contributed by atoms with E-state index >= 15 is 0 Å². The summed E-state index contributed by atoms with van der Waals surface area (Å²) in [4.78, 5) is 0. The van der Waals surface area contributed by atoms with Gasteiger partial charge in [0.05, 0.1) is 5.57 Å². The summed E-state index contributed by atoms with van der Waals surface area (Å²) in [7, 11) is 0. The smallest absolute Gasteiger partial charge is 0.201 e. The van der Waals surface area contributed by atoms with Crippen molar-refractivity contribution in [2.24, 2.45) is 0 Å². The first-order valence-corrected chi connectivity index (χ1v) is 7.22. The summed E-state index contributed by atoms with van der Waals surface area (Å²) < 4.78 is 88.3. The van der Waals surface area contributed by atoms with Gasteiger partial charge in [0.15, 0.2) is 0 Å². The zero-order valence-corrected chi connectivity index (χ0v) is 13.5. The minimum absolute atomic E-state index is 0.101. The van der Waals surface area contributed by atoms with E-state index in [1.54, 1.807) is 12.1 Å². The van der Waals surface area contributed by atoms with Crippen molar-refractivity contribution in [2.45, 2.75) is 12.4 Å². The number of nitrogens with zero attached hydrogens (tertiary/aromatic N) is 1. The Labute approximate surface area is 144 Å². The van der Waals surface area contributed by atoms with Crippen molar-refractivity contribution in [1.29, 1.82) is 5.26 Å². The molecule has 0 atom stereocenters. The summed E-state index contributed by atoms with van der Waals surface area (Å²) in [6, 6.07) is 8.70. The van der Waals surface area contributed by atoms with E-state index in [2.05, 4.69) is 0 Å². The Morgan fingerprint density at radius 2 is 1.42 bits per heavy atom. The number of rotatable bonds is 1. The number of benzene rings is 1. The Morgan fingerprint density at radius 3 is 1.83 bits per heavy atom. The lowest BCUT2D eigenvalue weighted by molar-refractivity contribution is -0.109. The average molecular weight is 459 g/mol. The van der Waals surface area contributed by atoms with Crippen LogP contribution in [0, 0.1) is 11.3 Å². The van der Waals surface area contributed by atoms with Gasteiger partial charge in [0.1, 0.15) is 9.65 Å². The lowest BCUT2D eigenvalue weighted by Gasteiger charge is -2.03. The van der Waals surface area contributed by atoms with Crippen LogP contribution < -0.4 is 0 Å². The molecule has 1 saturated carbocycles. The topological polar surface area (TPSA) is 23.8 Å². The van der Waals surface area contributed by atoms with Gasteiger partial charge < -0.3 is 0 Å². The lowest BCUT2D eigenvalue weighted by Crippen LogP contribution is -2.08. The predicted octanol–water partition coefficient (Wildman–Crippen LogP) is 6.01. The summed E-state index contributed by atoms with van der Waals surface area (Å²) in [6.07, 6.45) is -10.4. The van der Waals surface area contributed by atoms with E-state index in [4.69, 9.17) is 5.26 Å². The predicted molar refractivity (Wildman–Crippen MR) is 80.3 cm³/mol. The van der Waals surface area contributed by atoms with Gasteiger partial charge in [0.2, 0.25) is 5.83 Å². The highest BCUT2D eigenvalue weighted by Crippen LogP contribution is 2.58. The molecule has 0 bridgehead atoms. The largest absolute Gasteiger partial charge is 0.443 e. The fraction of sp³-hybridized carbons (Fsp3) is 0.133. The van der Waals surface area contributed by atoms with Crippen LogP contribution in [0.4, 0.5) is 30.7 Å². The number of hydrogen-bond acceptors (Lipinski definition) is 1. The summed E-state index contributed by atoms with van der Waals surface area (Å²) in [5.41, 5.74) is -3.16. The summed E-state index contributed by atoms with van der Waals surface area (Å²) in [6.45, 7) is 0. The maximum atomic E-state index is 13.6. The molecule has 0 amide bonds. The Kier molecular flexibility index (Phi) is 4.81. The van der Waals surface area contributed by atoms with Crippen molar-refractivity contribution in [3.8, 4) is 6.07 Å². The molecule has 0 aliphatic heterocycles. The van der Waals surface area contributed by atoms with Crippen LogP contribution in [0.15, 0.2) is 56.5 Å². The molecule has 0 aromatic heterocycles. The van der Waals surface area contributed by atoms with E-state index in [0.29, 0.717) is 0 Å². The molecule has 126 valence electrons. The maximum Gasteiger partial charge on any atom is 0.443 e. The van der Waals surface area contributed by atoms with Gasteiger partial charge in [-0.3, -0.25) is 0 Å². The fourth-order valence-electron chi connectivity index (χ4n) is 2.03. The second-order valence-electron chi connectivity index (χ2n) is 4.60. The molecule has 1 aromatic rings. The van der Waals surface area contributed by atoms with Gasteiger partial charge in [-0.2, -0.15) is 31.6 Å². The van der Waals surface area contributed by atoms with Crippen LogP contribution in [0.25, 0.3) is 5.57 Å². The fourth-order valence-corrected chi connectivity index (χ4v) is 2.57. The highest BCUT2D eigenvalue weighted by atomic mass is 127. The van der Waals surface area contributed by atoms with E-state index < -0.39 is 44.1 Å². The molecule has 1 aliphatic carbocycles. The average Bonchev–Trinajstić information content (AvgIpc) is 3.20. The zero-order chi connectivity index (χ0) is 18.3. The first kappa shape index (κ1) is 18.5. The number of alkyl halides is 6. The molecule has 0 radical (unpaired) electrons. The second kappa shape index (κ2) is 6.23. The number of hydrogen-bond donors (Lipinski definition) is 0. The van der Waals surface area contributed by atoms with Crippen LogP contribution in [-0.2, 0) is 0 Å². The van der Waals surface area contributed by atoms with Gasteiger partial charge in [0, 0.05) is 16.7 Å². The molecule has 0 spiro atoms. The van der Waals surface area contributed by atoms with E-state index in [9.17, 15) is 30.7 Å². The first-order valence-electron chi connectivity index (χ1n) is 6.15. The molecule has 0 heterocycles. The molecule has 1 nitrogen and oxygen atoms in total. The SMILES string of the molecule is N#CC(=C1C(=C(F)C(F)(F)F)C1=C(I)C(F)(F)F)c1ccccc1. The molecule has 1 fully saturated rings. The third-order valence-electron chi connectivity index (χ3n) is 3.05. The number of nitriles is 1. The minimum atomic E-state index is -5.44. The minimum Gasteiger partial charge on any atom is -0.201 e. The molecule has 1 aromatic carbocycles.